The van der Waals surface area contributed by atoms with E-state index in [0.29, 0.717) is 25.8 Å². The second-order valence-corrected chi connectivity index (χ2v) is 8.31. The van der Waals surface area contributed by atoms with Gasteiger partial charge < -0.3 is 24.8 Å². The minimum absolute atomic E-state index is 0.311. The number of rotatable bonds is 11. The molecule has 0 bridgehead atoms. The topological polar surface area (TPSA) is 67.4 Å². The summed E-state index contributed by atoms with van der Waals surface area (Å²) in [5.41, 5.74) is 1.15. The number of nitrogens with zero attached hydrogens (tertiary/aromatic N) is 2. The third-order valence-corrected chi connectivity index (χ3v) is 6.14. The van der Waals surface area contributed by atoms with Crippen molar-refractivity contribution in [3.05, 3.63) is 52.2 Å². The van der Waals surface area contributed by atoms with E-state index < -0.39 is 0 Å². The molecule has 1 unspecified atom stereocenters. The first-order chi connectivity index (χ1) is 15.3. The number of hydrogen-bond acceptors (Lipinski definition) is 6. The number of morpholine rings is 1. The summed E-state index contributed by atoms with van der Waals surface area (Å²) in [4.78, 5) is 8.25. The summed E-state index contributed by atoms with van der Waals surface area (Å²) < 4.78 is 16.4. The maximum absolute atomic E-state index is 5.80. The van der Waals surface area contributed by atoms with Crippen LogP contribution in [0.3, 0.4) is 0 Å². The summed E-state index contributed by atoms with van der Waals surface area (Å²) in [6.45, 7) is 6.32. The molecule has 0 spiro atoms. The normalized spacial score (nSPS) is 16.1. The SMILES string of the molecule is CN=C(NCc1cccc(OCCCOC)c1)NCC(c1cccs1)N1CCOCC1. The number of thiophene rings is 1. The fraction of sp³-hybridized carbons (Fsp3) is 0.522. The first kappa shape index (κ1) is 23.5. The molecule has 0 saturated carbocycles. The summed E-state index contributed by atoms with van der Waals surface area (Å²) in [6, 6.07) is 12.8. The van der Waals surface area contributed by atoms with Crippen LogP contribution in [0.2, 0.25) is 0 Å². The van der Waals surface area contributed by atoms with Gasteiger partial charge in [0.2, 0.25) is 0 Å². The van der Waals surface area contributed by atoms with E-state index in [1.54, 1.807) is 25.5 Å². The Kier molecular flexibility index (Phi) is 10.1. The summed E-state index contributed by atoms with van der Waals surface area (Å²) in [7, 11) is 3.51. The van der Waals surface area contributed by atoms with Crippen molar-refractivity contribution in [2.45, 2.75) is 19.0 Å². The molecule has 2 N–H and O–H groups in total. The maximum Gasteiger partial charge on any atom is 0.191 e. The lowest BCUT2D eigenvalue weighted by atomic mass is 10.2. The van der Waals surface area contributed by atoms with Crippen LogP contribution in [0.25, 0.3) is 0 Å². The van der Waals surface area contributed by atoms with Gasteiger partial charge in [0.05, 0.1) is 25.9 Å². The standard InChI is InChI=1S/C23H34N4O3S/c1-24-23(25-17-19-6-3-7-20(16-19)30-12-5-11-28-2)26-18-21(22-8-4-15-31-22)27-9-13-29-14-10-27/h3-4,6-8,15-16,21H,5,9-14,17-18H2,1-2H3,(H2,24,25,26). The van der Waals surface area contributed by atoms with Crippen LogP contribution in [-0.4, -0.2) is 71.1 Å². The lowest BCUT2D eigenvalue weighted by Gasteiger charge is -2.34. The number of benzene rings is 1. The van der Waals surface area contributed by atoms with E-state index in [4.69, 9.17) is 14.2 Å². The van der Waals surface area contributed by atoms with E-state index in [9.17, 15) is 0 Å². The Morgan fingerprint density at radius 1 is 1.19 bits per heavy atom. The summed E-state index contributed by atoms with van der Waals surface area (Å²) in [6.07, 6.45) is 0.879. The van der Waals surface area contributed by atoms with E-state index in [-0.39, 0.29) is 0 Å². The quantitative estimate of drug-likeness (QED) is 0.314. The van der Waals surface area contributed by atoms with Gasteiger partial charge in [0.15, 0.2) is 5.96 Å². The largest absolute Gasteiger partial charge is 0.493 e. The first-order valence-electron chi connectivity index (χ1n) is 10.8. The van der Waals surface area contributed by atoms with Crippen LogP contribution in [-0.2, 0) is 16.0 Å². The minimum Gasteiger partial charge on any atom is -0.493 e. The molecule has 2 heterocycles. The Morgan fingerprint density at radius 3 is 2.81 bits per heavy atom. The van der Waals surface area contributed by atoms with E-state index in [0.717, 1.165) is 56.5 Å². The third kappa shape index (κ3) is 7.81. The number of guanidine groups is 1. The zero-order valence-electron chi connectivity index (χ0n) is 18.5. The van der Waals surface area contributed by atoms with Gasteiger partial charge in [-0.15, -0.1) is 11.3 Å². The van der Waals surface area contributed by atoms with E-state index >= 15 is 0 Å². The molecule has 3 rings (SSSR count). The Bertz CT molecular complexity index is 779. The molecule has 0 aliphatic carbocycles. The summed E-state index contributed by atoms with van der Waals surface area (Å²) in [5.74, 6) is 1.67. The van der Waals surface area contributed by atoms with Gasteiger partial charge >= 0.3 is 0 Å². The van der Waals surface area contributed by atoms with Crippen LogP contribution in [0.1, 0.15) is 22.9 Å². The number of ether oxygens (including phenoxy) is 3. The Hall–Kier alpha value is -2.13. The highest BCUT2D eigenvalue weighted by Gasteiger charge is 2.23. The van der Waals surface area contributed by atoms with Crippen molar-refractivity contribution >= 4 is 17.3 Å². The highest BCUT2D eigenvalue weighted by atomic mass is 32.1. The van der Waals surface area contributed by atoms with Crippen molar-refractivity contribution in [1.29, 1.82) is 0 Å². The zero-order chi connectivity index (χ0) is 21.7. The number of nitrogens with one attached hydrogen (secondary N) is 2. The van der Waals surface area contributed by atoms with Crippen LogP contribution < -0.4 is 15.4 Å². The minimum atomic E-state index is 0.311. The van der Waals surface area contributed by atoms with Gasteiger partial charge in [-0.05, 0) is 29.1 Å². The molecule has 1 saturated heterocycles. The number of methoxy groups -OCH3 is 1. The Morgan fingerprint density at radius 2 is 2.06 bits per heavy atom. The predicted molar refractivity (Wildman–Crippen MR) is 126 cm³/mol. The summed E-state index contributed by atoms with van der Waals surface area (Å²) >= 11 is 1.80. The molecule has 1 fully saturated rings. The van der Waals surface area contributed by atoms with Crippen molar-refractivity contribution in [3.8, 4) is 5.75 Å². The van der Waals surface area contributed by atoms with Gasteiger partial charge in [0.1, 0.15) is 5.75 Å². The second kappa shape index (κ2) is 13.3. The van der Waals surface area contributed by atoms with E-state index in [2.05, 4.69) is 50.2 Å². The molecule has 8 heteroatoms. The third-order valence-electron chi connectivity index (χ3n) is 5.16. The van der Waals surface area contributed by atoms with E-state index in [1.165, 1.54) is 4.88 Å². The molecule has 0 amide bonds. The van der Waals surface area contributed by atoms with Crippen molar-refractivity contribution in [3.63, 3.8) is 0 Å². The van der Waals surface area contributed by atoms with Gasteiger partial charge in [-0.25, -0.2) is 0 Å². The zero-order valence-corrected chi connectivity index (χ0v) is 19.3. The summed E-state index contributed by atoms with van der Waals surface area (Å²) in [5, 5.41) is 9.06. The second-order valence-electron chi connectivity index (χ2n) is 7.33. The van der Waals surface area contributed by atoms with Crippen molar-refractivity contribution < 1.29 is 14.2 Å². The first-order valence-corrected chi connectivity index (χ1v) is 11.7. The molecule has 0 radical (unpaired) electrons. The molecule has 170 valence electrons. The highest BCUT2D eigenvalue weighted by Crippen LogP contribution is 2.25. The fourth-order valence-corrected chi connectivity index (χ4v) is 4.38. The van der Waals surface area contributed by atoms with Crippen molar-refractivity contribution in [1.82, 2.24) is 15.5 Å². The molecule has 1 aromatic heterocycles. The molecule has 1 aliphatic rings. The number of hydrogen-bond donors (Lipinski definition) is 2. The lowest BCUT2D eigenvalue weighted by Crippen LogP contribution is -2.46. The van der Waals surface area contributed by atoms with Crippen LogP contribution in [0.5, 0.6) is 5.75 Å². The predicted octanol–water partition coefficient (Wildman–Crippen LogP) is 2.90. The molecule has 1 aromatic carbocycles. The van der Waals surface area contributed by atoms with Gasteiger partial charge in [-0.1, -0.05) is 18.2 Å². The van der Waals surface area contributed by atoms with Crippen LogP contribution in [0.15, 0.2) is 46.8 Å². The smallest absolute Gasteiger partial charge is 0.191 e. The lowest BCUT2D eigenvalue weighted by molar-refractivity contribution is 0.0177. The van der Waals surface area contributed by atoms with Crippen LogP contribution >= 0.6 is 11.3 Å². The molecule has 2 aromatic rings. The molecular weight excluding hydrogens is 412 g/mol. The van der Waals surface area contributed by atoms with Gasteiger partial charge in [0.25, 0.3) is 0 Å². The van der Waals surface area contributed by atoms with E-state index in [1.807, 2.05) is 12.1 Å². The van der Waals surface area contributed by atoms with Crippen LogP contribution in [0.4, 0.5) is 0 Å². The molecule has 1 atom stereocenters. The van der Waals surface area contributed by atoms with Crippen LogP contribution in [0, 0.1) is 0 Å². The molecule has 7 nitrogen and oxygen atoms in total. The Labute approximate surface area is 189 Å². The van der Waals surface area contributed by atoms with Gasteiger partial charge in [-0.2, -0.15) is 0 Å². The average Bonchev–Trinajstić information content (AvgIpc) is 3.34. The molecular formula is C23H34N4O3S. The van der Waals surface area contributed by atoms with Crippen molar-refractivity contribution in [2.75, 3.05) is 60.2 Å². The number of aliphatic imine (C=N–C) groups is 1. The molecule has 1 aliphatic heterocycles. The van der Waals surface area contributed by atoms with Gasteiger partial charge in [-0.3, -0.25) is 9.89 Å². The average molecular weight is 447 g/mol. The van der Waals surface area contributed by atoms with Crippen molar-refractivity contribution in [2.24, 2.45) is 4.99 Å². The monoisotopic (exact) mass is 446 g/mol. The fourth-order valence-electron chi connectivity index (χ4n) is 3.52. The highest BCUT2D eigenvalue weighted by molar-refractivity contribution is 7.10. The maximum atomic E-state index is 5.80. The molecule has 31 heavy (non-hydrogen) atoms. The van der Waals surface area contributed by atoms with Gasteiger partial charge in [0, 0.05) is 58.2 Å². The Balaban J connectivity index is 1.50.